The molecule has 0 aliphatic carbocycles. The summed E-state index contributed by atoms with van der Waals surface area (Å²) in [6.45, 7) is 0. The van der Waals surface area contributed by atoms with E-state index in [-0.39, 0.29) is 18.2 Å². The van der Waals surface area contributed by atoms with Gasteiger partial charge in [-0.1, -0.05) is 71.7 Å². The number of hydrogen-bond donors (Lipinski definition) is 2. The first-order valence-electron chi connectivity index (χ1n) is 8.68. The van der Waals surface area contributed by atoms with Gasteiger partial charge in [0.1, 0.15) is 0 Å². The van der Waals surface area contributed by atoms with Gasteiger partial charge in [-0.05, 0) is 35.9 Å². The molecule has 3 aromatic carbocycles. The van der Waals surface area contributed by atoms with Crippen molar-refractivity contribution in [1.29, 1.82) is 0 Å². The molecule has 0 radical (unpaired) electrons. The van der Waals surface area contributed by atoms with Crippen molar-refractivity contribution in [2.24, 2.45) is 0 Å². The van der Waals surface area contributed by atoms with Gasteiger partial charge in [0.05, 0.1) is 23.0 Å². The van der Waals surface area contributed by atoms with Crippen LogP contribution in [0.5, 0.6) is 0 Å². The van der Waals surface area contributed by atoms with Crippen LogP contribution < -0.4 is 10.6 Å². The molecule has 0 bridgehead atoms. The molecule has 142 valence electrons. The Kier molecular flexibility index (Phi) is 6.69. The fourth-order valence-corrected chi connectivity index (χ4v) is 3.19. The third-order valence-electron chi connectivity index (χ3n) is 4.12. The lowest BCUT2D eigenvalue weighted by molar-refractivity contribution is -0.116. The van der Waals surface area contributed by atoms with Crippen molar-refractivity contribution in [2.45, 2.75) is 12.5 Å². The van der Waals surface area contributed by atoms with Crippen LogP contribution in [0.2, 0.25) is 10.0 Å². The van der Waals surface area contributed by atoms with Crippen LogP contribution in [-0.2, 0) is 4.79 Å². The SMILES string of the molecule is O=C(C[C@H](NC(=O)c1ccccc1Cl)c1ccccc1)Nc1cccc(Cl)c1. The topological polar surface area (TPSA) is 58.2 Å². The van der Waals surface area contributed by atoms with Crippen LogP contribution in [0.15, 0.2) is 78.9 Å². The largest absolute Gasteiger partial charge is 0.345 e. The van der Waals surface area contributed by atoms with Gasteiger partial charge in [0.2, 0.25) is 5.91 Å². The minimum Gasteiger partial charge on any atom is -0.345 e. The number of halogens is 2. The molecule has 0 fully saturated rings. The van der Waals surface area contributed by atoms with Crippen molar-refractivity contribution < 1.29 is 9.59 Å². The normalized spacial score (nSPS) is 11.5. The summed E-state index contributed by atoms with van der Waals surface area (Å²) >= 11 is 12.1. The van der Waals surface area contributed by atoms with Gasteiger partial charge in [-0.2, -0.15) is 0 Å². The summed E-state index contributed by atoms with van der Waals surface area (Å²) in [4.78, 5) is 25.2. The van der Waals surface area contributed by atoms with Crippen LogP contribution in [0.4, 0.5) is 5.69 Å². The highest BCUT2D eigenvalue weighted by Crippen LogP contribution is 2.22. The van der Waals surface area contributed by atoms with Crippen LogP contribution >= 0.6 is 23.2 Å². The van der Waals surface area contributed by atoms with Crippen LogP contribution in [0.3, 0.4) is 0 Å². The van der Waals surface area contributed by atoms with E-state index in [2.05, 4.69) is 10.6 Å². The molecule has 0 saturated heterocycles. The van der Waals surface area contributed by atoms with E-state index in [1.54, 1.807) is 48.5 Å². The Hall–Kier alpha value is -2.82. The third kappa shape index (κ3) is 5.35. The molecular weight excluding hydrogens is 395 g/mol. The number of rotatable bonds is 6. The summed E-state index contributed by atoms with van der Waals surface area (Å²) in [5.41, 5.74) is 1.78. The molecule has 4 nitrogen and oxygen atoms in total. The number of amides is 2. The van der Waals surface area contributed by atoms with E-state index < -0.39 is 6.04 Å². The van der Waals surface area contributed by atoms with Crippen LogP contribution in [0.1, 0.15) is 28.4 Å². The minimum atomic E-state index is -0.510. The Balaban J connectivity index is 1.77. The smallest absolute Gasteiger partial charge is 0.253 e. The van der Waals surface area contributed by atoms with E-state index in [9.17, 15) is 9.59 Å². The molecular formula is C22H18Cl2N2O2. The average Bonchev–Trinajstić information content (AvgIpc) is 2.68. The number of carbonyl (C=O) groups excluding carboxylic acids is 2. The summed E-state index contributed by atoms with van der Waals surface area (Å²) in [5.74, 6) is -0.578. The minimum absolute atomic E-state index is 0.0622. The maximum atomic E-state index is 12.7. The number of nitrogens with one attached hydrogen (secondary N) is 2. The Labute approximate surface area is 173 Å². The molecule has 0 heterocycles. The fraction of sp³-hybridized carbons (Fsp3) is 0.0909. The van der Waals surface area contributed by atoms with Crippen molar-refractivity contribution in [2.75, 3.05) is 5.32 Å². The predicted octanol–water partition coefficient (Wildman–Crippen LogP) is 5.49. The fourth-order valence-electron chi connectivity index (χ4n) is 2.78. The average molecular weight is 413 g/mol. The number of anilines is 1. The first-order valence-corrected chi connectivity index (χ1v) is 9.44. The van der Waals surface area contributed by atoms with Gasteiger partial charge in [-0.3, -0.25) is 9.59 Å². The van der Waals surface area contributed by atoms with Crippen molar-refractivity contribution in [1.82, 2.24) is 5.32 Å². The van der Waals surface area contributed by atoms with Gasteiger partial charge in [-0.25, -0.2) is 0 Å². The van der Waals surface area contributed by atoms with E-state index in [0.717, 1.165) is 5.56 Å². The molecule has 0 aliphatic rings. The molecule has 2 N–H and O–H groups in total. The highest BCUT2D eigenvalue weighted by atomic mass is 35.5. The molecule has 0 saturated carbocycles. The zero-order valence-corrected chi connectivity index (χ0v) is 16.4. The molecule has 0 unspecified atom stereocenters. The molecule has 0 spiro atoms. The lowest BCUT2D eigenvalue weighted by Gasteiger charge is -2.19. The van der Waals surface area contributed by atoms with E-state index in [1.165, 1.54) is 0 Å². The number of benzene rings is 3. The van der Waals surface area contributed by atoms with Crippen LogP contribution in [0, 0.1) is 0 Å². The highest BCUT2D eigenvalue weighted by molar-refractivity contribution is 6.33. The predicted molar refractivity (Wildman–Crippen MR) is 113 cm³/mol. The van der Waals surface area contributed by atoms with Gasteiger partial charge in [0.15, 0.2) is 0 Å². The maximum absolute atomic E-state index is 12.7. The molecule has 6 heteroatoms. The summed E-state index contributed by atoms with van der Waals surface area (Å²) in [5, 5.41) is 6.60. The molecule has 28 heavy (non-hydrogen) atoms. The van der Waals surface area contributed by atoms with E-state index >= 15 is 0 Å². The van der Waals surface area contributed by atoms with Crippen molar-refractivity contribution in [3.63, 3.8) is 0 Å². The van der Waals surface area contributed by atoms with Gasteiger partial charge in [0.25, 0.3) is 5.91 Å². The van der Waals surface area contributed by atoms with E-state index in [1.807, 2.05) is 30.3 Å². The number of hydrogen-bond acceptors (Lipinski definition) is 2. The van der Waals surface area contributed by atoms with Crippen molar-refractivity contribution in [3.05, 3.63) is 100 Å². The zero-order chi connectivity index (χ0) is 19.9. The molecule has 3 aromatic rings. The van der Waals surface area contributed by atoms with Gasteiger partial charge in [0, 0.05) is 10.7 Å². The summed E-state index contributed by atoms with van der Waals surface area (Å²) in [7, 11) is 0. The molecule has 3 rings (SSSR count). The van der Waals surface area contributed by atoms with Gasteiger partial charge >= 0.3 is 0 Å². The second kappa shape index (κ2) is 9.40. The molecule has 1 atom stereocenters. The summed E-state index contributed by atoms with van der Waals surface area (Å²) in [6.07, 6.45) is 0.0622. The van der Waals surface area contributed by atoms with Crippen molar-refractivity contribution in [3.8, 4) is 0 Å². The molecule has 0 aromatic heterocycles. The summed E-state index contributed by atoms with van der Waals surface area (Å²) in [6, 6.07) is 22.5. The zero-order valence-electron chi connectivity index (χ0n) is 14.9. The monoisotopic (exact) mass is 412 g/mol. The molecule has 0 aliphatic heterocycles. The lowest BCUT2D eigenvalue weighted by Crippen LogP contribution is -2.31. The van der Waals surface area contributed by atoms with E-state index in [0.29, 0.717) is 21.3 Å². The van der Waals surface area contributed by atoms with Crippen LogP contribution in [-0.4, -0.2) is 11.8 Å². The molecule has 2 amide bonds. The second-order valence-corrected chi connectivity index (χ2v) is 7.02. The van der Waals surface area contributed by atoms with Crippen molar-refractivity contribution >= 4 is 40.7 Å². The standard InChI is InChI=1S/C22H18Cl2N2O2/c23-16-9-6-10-17(13-16)25-21(27)14-20(15-7-2-1-3-8-15)26-22(28)18-11-4-5-12-19(18)24/h1-13,20H,14H2,(H,25,27)(H,26,28)/t20-/m0/s1. The quantitative estimate of drug-likeness (QED) is 0.561. The Morgan fingerprint density at radius 1 is 0.857 bits per heavy atom. The van der Waals surface area contributed by atoms with E-state index in [4.69, 9.17) is 23.2 Å². The first-order chi connectivity index (χ1) is 13.5. The lowest BCUT2D eigenvalue weighted by atomic mass is 10.0. The maximum Gasteiger partial charge on any atom is 0.253 e. The Morgan fingerprint density at radius 2 is 1.57 bits per heavy atom. The van der Waals surface area contributed by atoms with Gasteiger partial charge < -0.3 is 10.6 Å². The van der Waals surface area contributed by atoms with Crippen LogP contribution in [0.25, 0.3) is 0 Å². The summed E-state index contributed by atoms with van der Waals surface area (Å²) < 4.78 is 0. The third-order valence-corrected chi connectivity index (χ3v) is 4.69. The Morgan fingerprint density at radius 3 is 2.29 bits per heavy atom. The second-order valence-electron chi connectivity index (χ2n) is 6.18. The Bertz CT molecular complexity index is 977. The number of carbonyl (C=O) groups is 2. The highest BCUT2D eigenvalue weighted by Gasteiger charge is 2.20. The first kappa shape index (κ1) is 19.9. The van der Waals surface area contributed by atoms with Gasteiger partial charge in [-0.15, -0.1) is 0 Å².